The average Bonchev–Trinajstić information content (AvgIpc) is 3.10. The third kappa shape index (κ3) is 3.87. The van der Waals surface area contributed by atoms with Gasteiger partial charge in [-0.25, -0.2) is 9.78 Å². The molecule has 0 radical (unpaired) electrons. The number of benzene rings is 2. The van der Waals surface area contributed by atoms with Crippen LogP contribution in [0.1, 0.15) is 46.0 Å². The molecule has 0 bridgehead atoms. The Balaban J connectivity index is 2.28. The van der Waals surface area contributed by atoms with Gasteiger partial charge in [0, 0.05) is 11.1 Å². The molecular weight excluding hydrogens is 368 g/mol. The van der Waals surface area contributed by atoms with Gasteiger partial charge in [0.2, 0.25) is 0 Å². The second-order valence-corrected chi connectivity index (χ2v) is 6.44. The molecule has 1 heterocycles. The highest BCUT2D eigenvalue weighted by Gasteiger charge is 2.19. The number of nitrogens with one attached hydrogen (secondary N) is 1. The summed E-state index contributed by atoms with van der Waals surface area (Å²) in [6.45, 7) is 7.03. The maximum Gasteiger partial charge on any atom is 0.336 e. The third-order valence-electron chi connectivity index (χ3n) is 4.49. The summed E-state index contributed by atoms with van der Waals surface area (Å²) in [5, 5.41) is 19.7. The van der Waals surface area contributed by atoms with E-state index >= 15 is 0 Å². The number of ketones is 1. The molecule has 0 amide bonds. The zero-order valence-corrected chi connectivity index (χ0v) is 16.1. The van der Waals surface area contributed by atoms with Crippen molar-refractivity contribution in [2.45, 2.75) is 13.8 Å². The Morgan fingerprint density at radius 3 is 2.45 bits per heavy atom. The summed E-state index contributed by atoms with van der Waals surface area (Å²) >= 11 is 0. The van der Waals surface area contributed by atoms with Crippen LogP contribution in [0.25, 0.3) is 34.7 Å². The summed E-state index contributed by atoms with van der Waals surface area (Å²) in [7, 11) is 0. The Morgan fingerprint density at radius 1 is 1.10 bits per heavy atom. The van der Waals surface area contributed by atoms with Crippen molar-refractivity contribution < 1.29 is 19.8 Å². The van der Waals surface area contributed by atoms with E-state index in [-0.39, 0.29) is 17.1 Å². The van der Waals surface area contributed by atoms with Gasteiger partial charge < -0.3 is 15.2 Å². The fraction of sp³-hybridized carbons (Fsp3) is 0.0870. The lowest BCUT2D eigenvalue weighted by Gasteiger charge is -2.12. The lowest BCUT2D eigenvalue weighted by atomic mass is 9.92. The fourth-order valence-corrected chi connectivity index (χ4v) is 3.11. The number of carboxylic acid groups (broad SMARTS) is 1. The molecule has 0 saturated heterocycles. The number of phenolic OH excluding ortho intramolecular Hbond substituents is 1. The number of rotatable bonds is 6. The number of nitrogens with zero attached hydrogens (tertiary/aromatic N) is 1. The standard InChI is InChI=1S/C23H20N2O4/c1-4-6-21-20(5-2)24-22(25-21)17-10-8-15(27)12-18(17)16-9-7-14(13(3)26)11-19(16)23(28)29/h4-12,27H,2H2,1,3H3,(H,24,25)(H,28,29)/b6-4-. The molecular formula is C23H20N2O4. The maximum absolute atomic E-state index is 11.9. The van der Waals surface area contributed by atoms with E-state index in [9.17, 15) is 19.8 Å². The van der Waals surface area contributed by atoms with E-state index in [1.54, 1.807) is 24.3 Å². The molecule has 1 aromatic heterocycles. The number of hydrogen-bond donors (Lipinski definition) is 3. The number of aromatic hydroxyl groups is 1. The summed E-state index contributed by atoms with van der Waals surface area (Å²) < 4.78 is 0. The molecule has 3 aromatic rings. The highest BCUT2D eigenvalue weighted by atomic mass is 16.4. The molecule has 3 rings (SSSR count). The largest absolute Gasteiger partial charge is 0.508 e. The maximum atomic E-state index is 11.9. The van der Waals surface area contributed by atoms with Crippen molar-refractivity contribution in [1.29, 1.82) is 0 Å². The Kier molecular flexibility index (Phi) is 5.45. The lowest BCUT2D eigenvalue weighted by Crippen LogP contribution is -2.04. The normalized spacial score (nSPS) is 11.0. The van der Waals surface area contributed by atoms with Crippen molar-refractivity contribution in [3.05, 3.63) is 71.6 Å². The quantitative estimate of drug-likeness (QED) is 0.514. The van der Waals surface area contributed by atoms with Crippen molar-refractivity contribution in [1.82, 2.24) is 9.97 Å². The minimum atomic E-state index is -1.17. The molecule has 6 nitrogen and oxygen atoms in total. The molecule has 0 fully saturated rings. The van der Waals surface area contributed by atoms with Gasteiger partial charge in [-0.15, -0.1) is 0 Å². The first-order valence-electron chi connectivity index (χ1n) is 8.93. The van der Waals surface area contributed by atoms with Crippen molar-refractivity contribution >= 4 is 23.9 Å². The summed E-state index contributed by atoms with van der Waals surface area (Å²) in [6.07, 6.45) is 5.35. The lowest BCUT2D eigenvalue weighted by molar-refractivity contribution is 0.0697. The fourth-order valence-electron chi connectivity index (χ4n) is 3.11. The number of Topliss-reactive ketones (excluding diaryl/α,β-unsaturated/α-hetero) is 1. The van der Waals surface area contributed by atoms with Crippen molar-refractivity contribution in [2.24, 2.45) is 0 Å². The molecule has 0 saturated carbocycles. The number of phenols is 1. The minimum absolute atomic E-state index is 0.0140. The number of H-pyrrole nitrogens is 1. The van der Waals surface area contributed by atoms with Crippen LogP contribution in [0.2, 0.25) is 0 Å². The molecule has 3 N–H and O–H groups in total. The van der Waals surface area contributed by atoms with Gasteiger partial charge in [0.05, 0.1) is 17.0 Å². The zero-order chi connectivity index (χ0) is 21.1. The van der Waals surface area contributed by atoms with Crippen LogP contribution in [0, 0.1) is 0 Å². The molecule has 0 aliphatic heterocycles. The van der Waals surface area contributed by atoms with Crippen molar-refractivity contribution in [3.8, 4) is 28.3 Å². The number of carbonyl (C=O) groups is 2. The second-order valence-electron chi connectivity index (χ2n) is 6.44. The number of aromatic nitrogens is 2. The topological polar surface area (TPSA) is 103 Å². The molecule has 0 spiro atoms. The van der Waals surface area contributed by atoms with Gasteiger partial charge in [-0.2, -0.15) is 0 Å². The smallest absolute Gasteiger partial charge is 0.336 e. The third-order valence-corrected chi connectivity index (χ3v) is 4.49. The second kappa shape index (κ2) is 7.98. The molecule has 0 aliphatic rings. The monoisotopic (exact) mass is 388 g/mol. The van der Waals surface area contributed by atoms with E-state index in [4.69, 9.17) is 0 Å². The molecule has 0 atom stereocenters. The van der Waals surface area contributed by atoms with Crippen LogP contribution in [0.4, 0.5) is 0 Å². The first-order chi connectivity index (χ1) is 13.8. The van der Waals surface area contributed by atoms with Gasteiger partial charge in [0.15, 0.2) is 5.78 Å². The van der Waals surface area contributed by atoms with Gasteiger partial charge in [-0.05, 0) is 61.4 Å². The highest BCUT2D eigenvalue weighted by molar-refractivity contribution is 6.03. The highest BCUT2D eigenvalue weighted by Crippen LogP contribution is 2.36. The summed E-state index contributed by atoms with van der Waals surface area (Å²) in [5.74, 6) is -0.902. The summed E-state index contributed by atoms with van der Waals surface area (Å²) in [4.78, 5) is 31.3. The first kappa shape index (κ1) is 19.8. The van der Waals surface area contributed by atoms with Gasteiger partial charge >= 0.3 is 5.97 Å². The molecule has 29 heavy (non-hydrogen) atoms. The molecule has 2 aromatic carbocycles. The first-order valence-corrected chi connectivity index (χ1v) is 8.93. The minimum Gasteiger partial charge on any atom is -0.508 e. The predicted molar refractivity (Wildman–Crippen MR) is 113 cm³/mol. The van der Waals surface area contributed by atoms with E-state index in [0.29, 0.717) is 33.8 Å². The Bertz CT molecular complexity index is 1160. The van der Waals surface area contributed by atoms with Gasteiger partial charge in [-0.3, -0.25) is 4.79 Å². The van der Waals surface area contributed by atoms with Crippen molar-refractivity contribution in [2.75, 3.05) is 0 Å². The molecule has 146 valence electrons. The Morgan fingerprint density at radius 2 is 1.83 bits per heavy atom. The van der Waals surface area contributed by atoms with Crippen LogP contribution in [-0.4, -0.2) is 31.9 Å². The van der Waals surface area contributed by atoms with Gasteiger partial charge in [0.1, 0.15) is 11.6 Å². The number of aromatic carboxylic acids is 1. The number of hydrogen-bond acceptors (Lipinski definition) is 4. The van der Waals surface area contributed by atoms with E-state index in [0.717, 1.165) is 5.69 Å². The predicted octanol–water partition coefficient (Wildman–Crippen LogP) is 5.03. The summed E-state index contributed by atoms with van der Waals surface area (Å²) in [6, 6.07) is 9.14. The van der Waals surface area contributed by atoms with Crippen LogP contribution in [0.3, 0.4) is 0 Å². The van der Waals surface area contributed by atoms with E-state index in [1.165, 1.54) is 25.1 Å². The van der Waals surface area contributed by atoms with Crippen LogP contribution < -0.4 is 0 Å². The van der Waals surface area contributed by atoms with E-state index < -0.39 is 5.97 Å². The zero-order valence-electron chi connectivity index (χ0n) is 16.1. The molecule has 0 aliphatic carbocycles. The van der Waals surface area contributed by atoms with E-state index in [2.05, 4.69) is 16.5 Å². The van der Waals surface area contributed by atoms with Gasteiger partial charge in [0.25, 0.3) is 0 Å². The Labute approximate surface area is 167 Å². The number of allylic oxidation sites excluding steroid dienone is 1. The Hall–Kier alpha value is -3.93. The van der Waals surface area contributed by atoms with Gasteiger partial charge in [-0.1, -0.05) is 24.8 Å². The molecule has 6 heteroatoms. The van der Waals surface area contributed by atoms with Crippen LogP contribution in [0.5, 0.6) is 5.75 Å². The SMILES string of the molecule is C=Cc1nc(-c2ccc(O)cc2-c2ccc(C(C)=O)cc2C(=O)O)[nH]c1/C=C\C. The summed E-state index contributed by atoms with van der Waals surface area (Å²) in [5.41, 5.74) is 3.15. The van der Waals surface area contributed by atoms with Crippen molar-refractivity contribution in [3.63, 3.8) is 0 Å². The number of carbonyl (C=O) groups excluding carboxylic acids is 1. The van der Waals surface area contributed by atoms with E-state index in [1.807, 2.05) is 19.1 Å². The van der Waals surface area contributed by atoms with Crippen LogP contribution >= 0.6 is 0 Å². The number of aromatic amines is 1. The number of carboxylic acids is 1. The average molecular weight is 388 g/mol. The van der Waals surface area contributed by atoms with Crippen LogP contribution in [0.15, 0.2) is 49.1 Å². The van der Waals surface area contributed by atoms with Crippen LogP contribution in [-0.2, 0) is 0 Å². The molecule has 0 unspecified atom stereocenters. The number of imidazole rings is 1.